The maximum absolute atomic E-state index is 11.7. The Labute approximate surface area is 106 Å². The number of nitrogens with one attached hydrogen (secondary N) is 1. The van der Waals surface area contributed by atoms with Crippen LogP contribution in [0.15, 0.2) is 24.3 Å². The second-order valence-electron chi connectivity index (χ2n) is 4.16. The maximum Gasteiger partial charge on any atom is 0.260 e. The molecule has 0 bridgehead atoms. The lowest BCUT2D eigenvalue weighted by Gasteiger charge is -2.15. The molecule has 1 fully saturated rings. The second kappa shape index (κ2) is 6.05. The lowest BCUT2D eigenvalue weighted by atomic mass is 10.3. The average Bonchev–Trinajstić information content (AvgIpc) is 2.92. The average molecular weight is 248 g/mol. The number of ether oxygens (including phenoxy) is 1. The van der Waals surface area contributed by atoms with Crippen molar-refractivity contribution >= 4 is 18.0 Å². The van der Waals surface area contributed by atoms with Gasteiger partial charge in [0.25, 0.3) is 5.91 Å². The van der Waals surface area contributed by atoms with Gasteiger partial charge in [-0.1, -0.05) is 0 Å². The molecule has 0 spiro atoms. The predicted molar refractivity (Wildman–Crippen MR) is 67.4 cm³/mol. The number of hydrogen-bond acceptors (Lipinski definition) is 3. The summed E-state index contributed by atoms with van der Waals surface area (Å²) in [6.07, 6.45) is 2.78. The molecule has 2 amide bonds. The largest absolute Gasteiger partial charge is 0.484 e. The quantitative estimate of drug-likeness (QED) is 0.798. The SMILES string of the molecule is O=CNc1ccc(OCC(=O)N2CCCC2)cc1. The summed E-state index contributed by atoms with van der Waals surface area (Å²) in [6, 6.07) is 6.90. The Bertz CT molecular complexity index is 411. The van der Waals surface area contributed by atoms with Crippen molar-refractivity contribution < 1.29 is 14.3 Å². The Morgan fingerprint density at radius 3 is 2.56 bits per heavy atom. The highest BCUT2D eigenvalue weighted by molar-refractivity contribution is 5.78. The summed E-state index contributed by atoms with van der Waals surface area (Å²) in [5, 5.41) is 2.53. The Hall–Kier alpha value is -2.04. The Morgan fingerprint density at radius 2 is 1.94 bits per heavy atom. The zero-order valence-corrected chi connectivity index (χ0v) is 10.1. The molecule has 1 aromatic rings. The van der Waals surface area contributed by atoms with Crippen molar-refractivity contribution in [2.45, 2.75) is 12.8 Å². The molecule has 18 heavy (non-hydrogen) atoms. The molecule has 96 valence electrons. The van der Waals surface area contributed by atoms with Crippen molar-refractivity contribution in [2.75, 3.05) is 25.0 Å². The third kappa shape index (κ3) is 3.23. The molecule has 1 aliphatic rings. The third-order valence-electron chi connectivity index (χ3n) is 2.90. The number of benzene rings is 1. The lowest BCUT2D eigenvalue weighted by Crippen LogP contribution is -2.32. The highest BCUT2D eigenvalue weighted by Crippen LogP contribution is 2.15. The molecule has 1 saturated heterocycles. The van der Waals surface area contributed by atoms with Gasteiger partial charge in [-0.15, -0.1) is 0 Å². The van der Waals surface area contributed by atoms with Crippen LogP contribution in [-0.4, -0.2) is 36.9 Å². The first-order valence-electron chi connectivity index (χ1n) is 6.00. The van der Waals surface area contributed by atoms with Crippen LogP contribution in [0.3, 0.4) is 0 Å². The van der Waals surface area contributed by atoms with Gasteiger partial charge in [-0.25, -0.2) is 0 Å². The number of hydrogen-bond donors (Lipinski definition) is 1. The maximum atomic E-state index is 11.7. The van der Waals surface area contributed by atoms with E-state index >= 15 is 0 Å². The van der Waals surface area contributed by atoms with Crippen LogP contribution in [0, 0.1) is 0 Å². The molecule has 0 radical (unpaired) electrons. The number of carbonyl (C=O) groups excluding carboxylic acids is 2. The van der Waals surface area contributed by atoms with Crippen LogP contribution in [0.1, 0.15) is 12.8 Å². The van der Waals surface area contributed by atoms with E-state index in [0.717, 1.165) is 25.9 Å². The monoisotopic (exact) mass is 248 g/mol. The van der Waals surface area contributed by atoms with Crippen LogP contribution in [0.2, 0.25) is 0 Å². The molecule has 0 saturated carbocycles. The van der Waals surface area contributed by atoms with Crippen molar-refractivity contribution in [3.8, 4) is 5.75 Å². The number of amides is 2. The van der Waals surface area contributed by atoms with Gasteiger partial charge >= 0.3 is 0 Å². The van der Waals surface area contributed by atoms with Crippen LogP contribution in [0.25, 0.3) is 0 Å². The van der Waals surface area contributed by atoms with Crippen LogP contribution in [0.4, 0.5) is 5.69 Å². The molecular weight excluding hydrogens is 232 g/mol. The van der Waals surface area contributed by atoms with Crippen LogP contribution >= 0.6 is 0 Å². The molecule has 0 aliphatic carbocycles. The van der Waals surface area contributed by atoms with Crippen molar-refractivity contribution in [2.24, 2.45) is 0 Å². The Balaban J connectivity index is 1.82. The molecule has 1 aliphatic heterocycles. The summed E-state index contributed by atoms with van der Waals surface area (Å²) in [5.74, 6) is 0.654. The van der Waals surface area contributed by atoms with Crippen molar-refractivity contribution in [1.29, 1.82) is 0 Å². The Morgan fingerprint density at radius 1 is 1.28 bits per heavy atom. The van der Waals surface area contributed by atoms with Gasteiger partial charge in [0.15, 0.2) is 6.61 Å². The molecular formula is C13H16N2O3. The van der Waals surface area contributed by atoms with E-state index in [9.17, 15) is 9.59 Å². The first-order valence-corrected chi connectivity index (χ1v) is 6.00. The van der Waals surface area contributed by atoms with Crippen LogP contribution < -0.4 is 10.1 Å². The molecule has 0 aromatic heterocycles. The van der Waals surface area contributed by atoms with Gasteiger partial charge in [0.1, 0.15) is 5.75 Å². The fourth-order valence-corrected chi connectivity index (χ4v) is 1.92. The van der Waals surface area contributed by atoms with Crippen molar-refractivity contribution in [1.82, 2.24) is 4.90 Å². The van der Waals surface area contributed by atoms with Crippen LogP contribution in [-0.2, 0) is 9.59 Å². The number of anilines is 1. The molecule has 5 heteroatoms. The topological polar surface area (TPSA) is 58.6 Å². The highest BCUT2D eigenvalue weighted by atomic mass is 16.5. The van der Waals surface area contributed by atoms with E-state index in [1.165, 1.54) is 0 Å². The van der Waals surface area contributed by atoms with Gasteiger partial charge in [0.05, 0.1) is 0 Å². The first-order chi connectivity index (χ1) is 8.79. The summed E-state index contributed by atoms with van der Waals surface area (Å²) in [4.78, 5) is 23.8. The van der Waals surface area contributed by atoms with Crippen molar-refractivity contribution in [3.63, 3.8) is 0 Å². The van der Waals surface area contributed by atoms with Gasteiger partial charge < -0.3 is 15.0 Å². The van der Waals surface area contributed by atoms with E-state index in [1.54, 1.807) is 24.3 Å². The molecule has 0 atom stereocenters. The first kappa shape index (κ1) is 12.4. The summed E-state index contributed by atoms with van der Waals surface area (Å²) in [6.45, 7) is 1.75. The smallest absolute Gasteiger partial charge is 0.260 e. The number of rotatable bonds is 5. The summed E-state index contributed by atoms with van der Waals surface area (Å²) >= 11 is 0. The zero-order chi connectivity index (χ0) is 12.8. The van der Waals surface area contributed by atoms with Gasteiger partial charge in [0, 0.05) is 18.8 Å². The fourth-order valence-electron chi connectivity index (χ4n) is 1.92. The Kier molecular flexibility index (Phi) is 4.17. The molecule has 5 nitrogen and oxygen atoms in total. The summed E-state index contributed by atoms with van der Waals surface area (Å²) in [5.41, 5.74) is 0.697. The van der Waals surface area contributed by atoms with E-state index in [-0.39, 0.29) is 12.5 Å². The lowest BCUT2D eigenvalue weighted by molar-refractivity contribution is -0.132. The molecule has 1 N–H and O–H groups in total. The minimum atomic E-state index is 0.0302. The van der Waals surface area contributed by atoms with E-state index in [2.05, 4.69) is 5.32 Å². The minimum Gasteiger partial charge on any atom is -0.484 e. The highest BCUT2D eigenvalue weighted by Gasteiger charge is 2.17. The van der Waals surface area contributed by atoms with E-state index in [4.69, 9.17) is 4.74 Å². The summed E-state index contributed by atoms with van der Waals surface area (Å²) in [7, 11) is 0. The molecule has 0 unspecified atom stereocenters. The van der Waals surface area contributed by atoms with Crippen molar-refractivity contribution in [3.05, 3.63) is 24.3 Å². The van der Waals surface area contributed by atoms with Crippen LogP contribution in [0.5, 0.6) is 5.75 Å². The number of likely N-dealkylation sites (tertiary alicyclic amines) is 1. The molecule has 1 heterocycles. The predicted octanol–water partition coefficient (Wildman–Crippen LogP) is 1.26. The third-order valence-corrected chi connectivity index (χ3v) is 2.90. The van der Waals surface area contributed by atoms with Gasteiger partial charge in [0.2, 0.25) is 6.41 Å². The van der Waals surface area contributed by atoms with E-state index in [0.29, 0.717) is 17.8 Å². The minimum absolute atomic E-state index is 0.0302. The number of nitrogens with zero attached hydrogens (tertiary/aromatic N) is 1. The standard InChI is InChI=1S/C13H16N2O3/c16-10-14-11-3-5-12(6-4-11)18-9-13(17)15-7-1-2-8-15/h3-6,10H,1-2,7-9H2,(H,14,16). The fraction of sp³-hybridized carbons (Fsp3) is 0.385. The molecule has 1 aromatic carbocycles. The van der Waals surface area contributed by atoms with E-state index in [1.807, 2.05) is 4.90 Å². The van der Waals surface area contributed by atoms with Gasteiger partial charge in [-0.2, -0.15) is 0 Å². The summed E-state index contributed by atoms with van der Waals surface area (Å²) < 4.78 is 5.41. The van der Waals surface area contributed by atoms with Gasteiger partial charge in [-0.05, 0) is 37.1 Å². The zero-order valence-electron chi connectivity index (χ0n) is 10.1. The van der Waals surface area contributed by atoms with E-state index < -0.39 is 0 Å². The number of carbonyl (C=O) groups is 2. The normalized spacial score (nSPS) is 14.3. The molecule has 2 rings (SSSR count). The van der Waals surface area contributed by atoms with Gasteiger partial charge in [-0.3, -0.25) is 9.59 Å². The second-order valence-corrected chi connectivity index (χ2v) is 4.16.